The lowest BCUT2D eigenvalue weighted by atomic mass is 9.89. The number of carbonyl (C=O) groups excluding carboxylic acids is 1. The molecule has 20 heavy (non-hydrogen) atoms. The summed E-state index contributed by atoms with van der Waals surface area (Å²) >= 11 is 0. The second kappa shape index (κ2) is 5.94. The molecule has 1 amide bonds. The average molecular weight is 274 g/mol. The molecule has 0 aliphatic carbocycles. The SMILES string of the molecule is CNC(c1ccc2c(c1)C(=O)NCCC2)C1CCOC1. The monoisotopic (exact) mass is 274 g/mol. The molecular formula is C16H22N2O2. The van der Waals surface area contributed by atoms with Gasteiger partial charge in [-0.15, -0.1) is 0 Å². The van der Waals surface area contributed by atoms with Crippen LogP contribution >= 0.6 is 0 Å². The molecule has 1 fully saturated rings. The minimum absolute atomic E-state index is 0.0666. The van der Waals surface area contributed by atoms with Gasteiger partial charge in [0.25, 0.3) is 5.91 Å². The zero-order valence-corrected chi connectivity index (χ0v) is 11.9. The lowest BCUT2D eigenvalue weighted by Gasteiger charge is -2.23. The van der Waals surface area contributed by atoms with Gasteiger partial charge in [0.05, 0.1) is 6.61 Å². The van der Waals surface area contributed by atoms with E-state index in [9.17, 15) is 4.79 Å². The summed E-state index contributed by atoms with van der Waals surface area (Å²) in [5.41, 5.74) is 3.21. The summed E-state index contributed by atoms with van der Waals surface area (Å²) in [6.45, 7) is 2.41. The Bertz CT molecular complexity index is 495. The minimum Gasteiger partial charge on any atom is -0.381 e. The summed E-state index contributed by atoms with van der Waals surface area (Å²) in [4.78, 5) is 12.1. The van der Waals surface area contributed by atoms with Gasteiger partial charge in [-0.1, -0.05) is 12.1 Å². The standard InChI is InChI=1S/C16H22N2O2/c1-17-15(13-6-8-20-10-13)12-5-4-11-3-2-7-18-16(19)14(11)9-12/h4-5,9,13,15,17H,2-3,6-8,10H2,1H3,(H,18,19). The van der Waals surface area contributed by atoms with Crippen molar-refractivity contribution in [1.29, 1.82) is 0 Å². The largest absolute Gasteiger partial charge is 0.381 e. The third-order valence-corrected chi connectivity index (χ3v) is 4.39. The van der Waals surface area contributed by atoms with Crippen LogP contribution in [0.2, 0.25) is 0 Å². The van der Waals surface area contributed by atoms with Gasteiger partial charge in [-0.05, 0) is 43.5 Å². The van der Waals surface area contributed by atoms with Gasteiger partial charge in [0, 0.05) is 30.7 Å². The maximum atomic E-state index is 12.1. The molecule has 3 rings (SSSR count). The van der Waals surface area contributed by atoms with Crippen molar-refractivity contribution in [3.8, 4) is 0 Å². The van der Waals surface area contributed by atoms with Gasteiger partial charge >= 0.3 is 0 Å². The molecule has 108 valence electrons. The lowest BCUT2D eigenvalue weighted by molar-refractivity contribution is 0.0956. The number of nitrogens with one attached hydrogen (secondary N) is 2. The van der Waals surface area contributed by atoms with Crippen molar-refractivity contribution < 1.29 is 9.53 Å². The molecule has 0 bridgehead atoms. The molecule has 2 N–H and O–H groups in total. The van der Waals surface area contributed by atoms with Crippen LogP contribution in [0.3, 0.4) is 0 Å². The molecule has 2 atom stereocenters. The quantitative estimate of drug-likeness (QED) is 0.881. The zero-order valence-electron chi connectivity index (χ0n) is 11.9. The highest BCUT2D eigenvalue weighted by atomic mass is 16.5. The number of fused-ring (bicyclic) bond motifs is 1. The van der Waals surface area contributed by atoms with E-state index in [1.54, 1.807) is 0 Å². The molecule has 2 aliphatic rings. The second-order valence-electron chi connectivity index (χ2n) is 5.67. The zero-order chi connectivity index (χ0) is 13.9. The average Bonchev–Trinajstić information content (AvgIpc) is 2.92. The summed E-state index contributed by atoms with van der Waals surface area (Å²) in [6.07, 6.45) is 3.07. The van der Waals surface area contributed by atoms with Crippen LogP contribution in [0.5, 0.6) is 0 Å². The number of rotatable bonds is 3. The maximum Gasteiger partial charge on any atom is 0.251 e. The highest BCUT2D eigenvalue weighted by molar-refractivity contribution is 5.96. The molecule has 1 aromatic carbocycles. The van der Waals surface area contributed by atoms with E-state index in [-0.39, 0.29) is 11.9 Å². The molecular weight excluding hydrogens is 252 g/mol. The summed E-state index contributed by atoms with van der Waals surface area (Å²) in [5.74, 6) is 0.559. The van der Waals surface area contributed by atoms with Gasteiger partial charge in [-0.3, -0.25) is 4.79 Å². The van der Waals surface area contributed by atoms with Crippen molar-refractivity contribution in [1.82, 2.24) is 10.6 Å². The molecule has 2 heterocycles. The van der Waals surface area contributed by atoms with Gasteiger partial charge in [0.2, 0.25) is 0 Å². The van der Waals surface area contributed by atoms with E-state index in [4.69, 9.17) is 4.74 Å². The van der Waals surface area contributed by atoms with Gasteiger partial charge in [0.1, 0.15) is 0 Å². The molecule has 0 saturated carbocycles. The van der Waals surface area contributed by atoms with E-state index in [1.807, 2.05) is 7.05 Å². The molecule has 0 aromatic heterocycles. The number of ether oxygens (including phenoxy) is 1. The molecule has 2 aliphatic heterocycles. The van der Waals surface area contributed by atoms with Crippen molar-refractivity contribution in [2.75, 3.05) is 26.8 Å². The third-order valence-electron chi connectivity index (χ3n) is 4.39. The molecule has 1 aromatic rings. The molecule has 4 nitrogen and oxygen atoms in total. The van der Waals surface area contributed by atoms with Crippen molar-refractivity contribution >= 4 is 5.91 Å². The Morgan fingerprint density at radius 2 is 2.35 bits per heavy atom. The molecule has 1 saturated heterocycles. The van der Waals surface area contributed by atoms with Gasteiger partial charge < -0.3 is 15.4 Å². The van der Waals surface area contributed by atoms with Gasteiger partial charge in [-0.25, -0.2) is 0 Å². The predicted molar refractivity (Wildman–Crippen MR) is 77.8 cm³/mol. The lowest BCUT2D eigenvalue weighted by Crippen LogP contribution is -2.27. The number of hydrogen-bond donors (Lipinski definition) is 2. The van der Waals surface area contributed by atoms with E-state index in [0.717, 1.165) is 44.6 Å². The Kier molecular flexibility index (Phi) is 4.03. The fourth-order valence-corrected chi connectivity index (χ4v) is 3.28. The topological polar surface area (TPSA) is 50.4 Å². The molecule has 0 radical (unpaired) electrons. The van der Waals surface area contributed by atoms with Crippen LogP contribution in [-0.4, -0.2) is 32.7 Å². The van der Waals surface area contributed by atoms with Crippen molar-refractivity contribution in [2.45, 2.75) is 25.3 Å². The fourth-order valence-electron chi connectivity index (χ4n) is 3.28. The Labute approximate surface area is 119 Å². The van der Waals surface area contributed by atoms with Crippen LogP contribution in [0.1, 0.15) is 40.4 Å². The van der Waals surface area contributed by atoms with E-state index >= 15 is 0 Å². The molecule has 0 spiro atoms. The highest BCUT2D eigenvalue weighted by Crippen LogP contribution is 2.30. The Hall–Kier alpha value is -1.39. The van der Waals surface area contributed by atoms with E-state index in [1.165, 1.54) is 11.1 Å². The summed E-state index contributed by atoms with van der Waals surface area (Å²) < 4.78 is 5.50. The Morgan fingerprint density at radius 1 is 1.45 bits per heavy atom. The first-order valence-corrected chi connectivity index (χ1v) is 7.45. The molecule has 2 unspecified atom stereocenters. The summed E-state index contributed by atoms with van der Waals surface area (Å²) in [6, 6.07) is 6.61. The van der Waals surface area contributed by atoms with Crippen LogP contribution in [0.15, 0.2) is 18.2 Å². The van der Waals surface area contributed by atoms with Crippen molar-refractivity contribution in [3.05, 3.63) is 34.9 Å². The number of carbonyl (C=O) groups is 1. The molecule has 4 heteroatoms. The van der Waals surface area contributed by atoms with E-state index in [2.05, 4.69) is 28.8 Å². The number of aryl methyl sites for hydroxylation is 1. The van der Waals surface area contributed by atoms with Crippen LogP contribution < -0.4 is 10.6 Å². The third kappa shape index (κ3) is 2.58. The van der Waals surface area contributed by atoms with Crippen LogP contribution in [0.4, 0.5) is 0 Å². The van der Waals surface area contributed by atoms with Crippen LogP contribution in [0, 0.1) is 5.92 Å². The van der Waals surface area contributed by atoms with Crippen molar-refractivity contribution in [2.24, 2.45) is 5.92 Å². The number of amides is 1. The number of hydrogen-bond acceptors (Lipinski definition) is 3. The Morgan fingerprint density at radius 3 is 3.10 bits per heavy atom. The van der Waals surface area contributed by atoms with E-state index < -0.39 is 0 Å². The summed E-state index contributed by atoms with van der Waals surface area (Å²) in [5, 5.41) is 6.36. The number of benzene rings is 1. The summed E-state index contributed by atoms with van der Waals surface area (Å²) in [7, 11) is 1.98. The minimum atomic E-state index is 0.0666. The first-order chi connectivity index (χ1) is 9.79. The predicted octanol–water partition coefficient (Wildman–Crippen LogP) is 1.66. The normalized spacial score (nSPS) is 23.9. The van der Waals surface area contributed by atoms with Crippen LogP contribution in [-0.2, 0) is 11.2 Å². The first-order valence-electron chi connectivity index (χ1n) is 7.45. The Balaban J connectivity index is 1.91. The highest BCUT2D eigenvalue weighted by Gasteiger charge is 2.27. The van der Waals surface area contributed by atoms with Gasteiger partial charge in [0.15, 0.2) is 0 Å². The van der Waals surface area contributed by atoms with Crippen molar-refractivity contribution in [3.63, 3.8) is 0 Å². The van der Waals surface area contributed by atoms with Gasteiger partial charge in [-0.2, -0.15) is 0 Å². The van der Waals surface area contributed by atoms with E-state index in [0.29, 0.717) is 5.92 Å². The maximum absolute atomic E-state index is 12.1. The second-order valence-corrected chi connectivity index (χ2v) is 5.67. The van der Waals surface area contributed by atoms with Crippen LogP contribution in [0.25, 0.3) is 0 Å². The first kappa shape index (κ1) is 13.6. The fraction of sp³-hybridized carbons (Fsp3) is 0.562. The smallest absolute Gasteiger partial charge is 0.251 e.